The minimum Gasteiger partial charge on any atom is -0.358 e. The van der Waals surface area contributed by atoms with Crippen LogP contribution in [0.15, 0.2) is 36.4 Å². The number of carbonyl (C=O) groups is 1. The van der Waals surface area contributed by atoms with E-state index in [1.54, 1.807) is 6.92 Å². The van der Waals surface area contributed by atoms with Gasteiger partial charge in [-0.1, -0.05) is 37.3 Å². The van der Waals surface area contributed by atoms with E-state index < -0.39 is 11.0 Å². The van der Waals surface area contributed by atoms with Crippen molar-refractivity contribution in [2.75, 3.05) is 26.2 Å². The van der Waals surface area contributed by atoms with Crippen LogP contribution in [0.5, 0.6) is 0 Å². The Morgan fingerprint density at radius 2 is 1.89 bits per heavy atom. The highest BCUT2D eigenvalue weighted by atomic mass is 16.6. The topological polar surface area (TPSA) is 84.5 Å². The first-order chi connectivity index (χ1) is 13.0. The third kappa shape index (κ3) is 4.33. The van der Waals surface area contributed by atoms with Crippen LogP contribution in [0.4, 0.5) is 5.82 Å². The van der Waals surface area contributed by atoms with Gasteiger partial charge in [-0.3, -0.25) is 9.69 Å². The van der Waals surface area contributed by atoms with Crippen molar-refractivity contribution < 1.29 is 9.72 Å². The first-order valence-corrected chi connectivity index (χ1v) is 9.25. The van der Waals surface area contributed by atoms with Crippen molar-refractivity contribution in [1.29, 1.82) is 0 Å². The Hall–Kier alpha value is -2.74. The van der Waals surface area contributed by atoms with Gasteiger partial charge in [-0.2, -0.15) is 4.68 Å². The number of nitrogens with zero attached hydrogens (tertiary/aromatic N) is 5. The molecular weight excluding hydrogens is 346 g/mol. The van der Waals surface area contributed by atoms with Crippen LogP contribution in [0.25, 0.3) is 0 Å². The van der Waals surface area contributed by atoms with Gasteiger partial charge in [0.1, 0.15) is 0 Å². The van der Waals surface area contributed by atoms with Crippen molar-refractivity contribution in [3.05, 3.63) is 57.8 Å². The zero-order valence-electron chi connectivity index (χ0n) is 15.7. The summed E-state index contributed by atoms with van der Waals surface area (Å²) in [5.74, 6) is -0.232. The van der Waals surface area contributed by atoms with Gasteiger partial charge in [-0.15, -0.1) is 0 Å². The summed E-state index contributed by atoms with van der Waals surface area (Å²) in [4.78, 5) is 27.6. The Labute approximate surface area is 158 Å². The molecule has 27 heavy (non-hydrogen) atoms. The van der Waals surface area contributed by atoms with Crippen LogP contribution in [0, 0.1) is 17.0 Å². The molecule has 1 fully saturated rings. The highest BCUT2D eigenvalue weighted by Gasteiger charge is 2.32. The molecule has 1 aliphatic rings. The van der Waals surface area contributed by atoms with Crippen LogP contribution in [0.3, 0.4) is 0 Å². The van der Waals surface area contributed by atoms with Crippen molar-refractivity contribution in [3.63, 3.8) is 0 Å². The molecule has 3 rings (SSSR count). The average molecular weight is 371 g/mol. The number of nitro groups is 1. The Kier molecular flexibility index (Phi) is 5.85. The number of piperazine rings is 1. The van der Waals surface area contributed by atoms with Crippen LogP contribution < -0.4 is 0 Å². The molecule has 8 nitrogen and oxygen atoms in total. The van der Waals surface area contributed by atoms with E-state index in [9.17, 15) is 14.9 Å². The Morgan fingerprint density at radius 1 is 1.22 bits per heavy atom. The zero-order valence-corrected chi connectivity index (χ0v) is 15.7. The monoisotopic (exact) mass is 371 g/mol. The van der Waals surface area contributed by atoms with E-state index in [0.29, 0.717) is 25.2 Å². The molecule has 0 bridgehead atoms. The quantitative estimate of drug-likeness (QED) is 0.575. The van der Waals surface area contributed by atoms with E-state index in [1.165, 1.54) is 16.3 Å². The summed E-state index contributed by atoms with van der Waals surface area (Å²) < 4.78 is 1.50. The Morgan fingerprint density at radius 3 is 2.44 bits per heavy atom. The van der Waals surface area contributed by atoms with E-state index in [1.807, 2.05) is 30.0 Å². The maximum absolute atomic E-state index is 13.0. The molecule has 0 spiro atoms. The standard InChI is InChI=1S/C19H25N5O3/c1-3-17(23-15(2)13-18(20-23)24(26)27)19(25)22-11-9-21(10-12-22)14-16-7-5-4-6-8-16/h4-8,13,17H,3,9-12,14H2,1-2H3. The van der Waals surface area contributed by atoms with E-state index in [2.05, 4.69) is 22.1 Å². The summed E-state index contributed by atoms with van der Waals surface area (Å²) in [5.41, 5.74) is 1.90. The molecular formula is C19H25N5O3. The second-order valence-electron chi connectivity index (χ2n) is 6.86. The Bertz CT molecular complexity index is 797. The van der Waals surface area contributed by atoms with E-state index in [-0.39, 0.29) is 11.7 Å². The second kappa shape index (κ2) is 8.30. The fourth-order valence-corrected chi connectivity index (χ4v) is 3.51. The fourth-order valence-electron chi connectivity index (χ4n) is 3.51. The summed E-state index contributed by atoms with van der Waals surface area (Å²) in [6.07, 6.45) is 0.544. The molecule has 8 heteroatoms. The molecule has 1 saturated heterocycles. The maximum Gasteiger partial charge on any atom is 0.390 e. The highest BCUT2D eigenvalue weighted by molar-refractivity contribution is 5.80. The second-order valence-corrected chi connectivity index (χ2v) is 6.86. The van der Waals surface area contributed by atoms with Crippen LogP contribution in [0.2, 0.25) is 0 Å². The largest absolute Gasteiger partial charge is 0.390 e. The number of carbonyl (C=O) groups excluding carboxylic acids is 1. The Balaban J connectivity index is 1.63. The summed E-state index contributed by atoms with van der Waals surface area (Å²) in [7, 11) is 0. The fraction of sp³-hybridized carbons (Fsp3) is 0.474. The number of hydrogen-bond donors (Lipinski definition) is 0. The molecule has 144 valence electrons. The molecule has 1 aromatic heterocycles. The SMILES string of the molecule is CCC(C(=O)N1CCN(Cc2ccccc2)CC1)n1nc([N+](=O)[O-])cc1C. The number of rotatable bonds is 6. The lowest BCUT2D eigenvalue weighted by Crippen LogP contribution is -2.50. The number of aryl methyl sites for hydroxylation is 1. The van der Waals surface area contributed by atoms with Gasteiger partial charge in [0.25, 0.3) is 0 Å². The van der Waals surface area contributed by atoms with Crippen LogP contribution in [-0.2, 0) is 11.3 Å². The first-order valence-electron chi connectivity index (χ1n) is 9.25. The van der Waals surface area contributed by atoms with E-state index in [0.717, 1.165) is 19.6 Å². The molecule has 0 N–H and O–H groups in total. The molecule has 1 aromatic carbocycles. The summed E-state index contributed by atoms with van der Waals surface area (Å²) in [5, 5.41) is 15.0. The smallest absolute Gasteiger partial charge is 0.358 e. The van der Waals surface area contributed by atoms with Gasteiger partial charge in [0, 0.05) is 32.7 Å². The van der Waals surface area contributed by atoms with Gasteiger partial charge >= 0.3 is 5.82 Å². The molecule has 2 heterocycles. The van der Waals surface area contributed by atoms with Crippen molar-refractivity contribution in [3.8, 4) is 0 Å². The van der Waals surface area contributed by atoms with E-state index in [4.69, 9.17) is 0 Å². The molecule has 0 aliphatic carbocycles. The van der Waals surface area contributed by atoms with Gasteiger partial charge in [0.2, 0.25) is 5.91 Å². The zero-order chi connectivity index (χ0) is 19.4. The lowest BCUT2D eigenvalue weighted by molar-refractivity contribution is -0.389. The molecule has 0 saturated carbocycles. The van der Waals surface area contributed by atoms with Gasteiger partial charge in [-0.25, -0.2) is 0 Å². The van der Waals surface area contributed by atoms with Gasteiger partial charge in [0.15, 0.2) is 6.04 Å². The van der Waals surface area contributed by atoms with Crippen molar-refractivity contribution in [2.45, 2.75) is 32.9 Å². The minimum atomic E-state index is -0.525. The van der Waals surface area contributed by atoms with Gasteiger partial charge in [0.05, 0.1) is 16.9 Å². The number of benzene rings is 1. The molecule has 2 aromatic rings. The summed E-state index contributed by atoms with van der Waals surface area (Å²) in [6.45, 7) is 7.47. The summed E-state index contributed by atoms with van der Waals surface area (Å²) >= 11 is 0. The lowest BCUT2D eigenvalue weighted by Gasteiger charge is -2.36. The van der Waals surface area contributed by atoms with Crippen molar-refractivity contribution >= 4 is 11.7 Å². The minimum absolute atomic E-state index is 0.0158. The third-order valence-corrected chi connectivity index (χ3v) is 5.00. The van der Waals surface area contributed by atoms with Crippen LogP contribution >= 0.6 is 0 Å². The van der Waals surface area contributed by atoms with Crippen molar-refractivity contribution in [1.82, 2.24) is 19.6 Å². The van der Waals surface area contributed by atoms with Crippen LogP contribution in [-0.4, -0.2) is 56.6 Å². The van der Waals surface area contributed by atoms with E-state index >= 15 is 0 Å². The van der Waals surface area contributed by atoms with Gasteiger partial charge < -0.3 is 15.0 Å². The average Bonchev–Trinajstić information content (AvgIpc) is 3.06. The maximum atomic E-state index is 13.0. The molecule has 0 radical (unpaired) electrons. The molecule has 1 aliphatic heterocycles. The number of aromatic nitrogens is 2. The predicted octanol–water partition coefficient (Wildman–Crippen LogP) is 2.40. The first kappa shape index (κ1) is 19.0. The normalized spacial score (nSPS) is 16.3. The predicted molar refractivity (Wildman–Crippen MR) is 101 cm³/mol. The summed E-state index contributed by atoms with van der Waals surface area (Å²) in [6, 6.07) is 11.2. The molecule has 1 amide bonds. The lowest BCUT2D eigenvalue weighted by atomic mass is 10.1. The van der Waals surface area contributed by atoms with Gasteiger partial charge in [-0.05, 0) is 23.8 Å². The number of hydrogen-bond acceptors (Lipinski definition) is 5. The highest BCUT2D eigenvalue weighted by Crippen LogP contribution is 2.21. The number of amides is 1. The third-order valence-electron chi connectivity index (χ3n) is 5.00. The van der Waals surface area contributed by atoms with Crippen LogP contribution in [0.1, 0.15) is 30.6 Å². The molecule has 1 atom stereocenters. The van der Waals surface area contributed by atoms with Crippen molar-refractivity contribution in [2.24, 2.45) is 0 Å². The molecule has 1 unspecified atom stereocenters.